The van der Waals surface area contributed by atoms with E-state index in [9.17, 15) is 0 Å². The Balaban J connectivity index is 2.19. The van der Waals surface area contributed by atoms with Crippen molar-refractivity contribution in [3.05, 3.63) is 29.6 Å². The second-order valence-corrected chi connectivity index (χ2v) is 4.56. The van der Waals surface area contributed by atoms with Gasteiger partial charge in [-0.3, -0.25) is 0 Å². The van der Waals surface area contributed by atoms with E-state index in [-0.39, 0.29) is 12.0 Å². The fourth-order valence-electron chi connectivity index (χ4n) is 1.35. The first-order valence-electron chi connectivity index (χ1n) is 5.07. The number of benzene rings is 1. The van der Waals surface area contributed by atoms with E-state index in [1.807, 2.05) is 38.1 Å². The van der Waals surface area contributed by atoms with Crippen molar-refractivity contribution in [3.63, 3.8) is 0 Å². The predicted molar refractivity (Wildman–Crippen MR) is 65.0 cm³/mol. The van der Waals surface area contributed by atoms with Gasteiger partial charge in [-0.1, -0.05) is 0 Å². The lowest BCUT2D eigenvalue weighted by molar-refractivity contribution is 0.242. The van der Waals surface area contributed by atoms with Crippen molar-refractivity contribution in [1.29, 1.82) is 0 Å². The summed E-state index contributed by atoms with van der Waals surface area (Å²) in [5.74, 6) is 0.919. The van der Waals surface area contributed by atoms with E-state index >= 15 is 0 Å². The molecule has 3 nitrogen and oxygen atoms in total. The number of hydrogen-bond acceptors (Lipinski definition) is 4. The van der Waals surface area contributed by atoms with Crippen LogP contribution in [0.15, 0.2) is 29.6 Å². The lowest BCUT2D eigenvalue weighted by Gasteiger charge is -2.09. The van der Waals surface area contributed by atoms with Crippen LogP contribution in [0.3, 0.4) is 0 Å². The molecule has 1 N–H and O–H groups in total. The Kier molecular flexibility index (Phi) is 3.10. The van der Waals surface area contributed by atoms with E-state index in [1.54, 1.807) is 5.38 Å². The molecule has 0 saturated heterocycles. The first kappa shape index (κ1) is 11.0. The summed E-state index contributed by atoms with van der Waals surface area (Å²) in [5, 5.41) is 11.6. The lowest BCUT2D eigenvalue weighted by Crippen LogP contribution is -2.05. The molecule has 0 bridgehead atoms. The van der Waals surface area contributed by atoms with Gasteiger partial charge in [0.25, 0.3) is 0 Å². The van der Waals surface area contributed by atoms with Gasteiger partial charge in [-0.05, 0) is 38.1 Å². The number of nitrogens with zero attached hydrogens (tertiary/aromatic N) is 1. The van der Waals surface area contributed by atoms with Gasteiger partial charge in [0.15, 0.2) is 0 Å². The van der Waals surface area contributed by atoms with Crippen molar-refractivity contribution in [1.82, 2.24) is 4.98 Å². The number of rotatable bonds is 3. The maximum atomic E-state index is 9.16. The van der Waals surface area contributed by atoms with Crippen LogP contribution in [0.2, 0.25) is 0 Å². The molecule has 1 heterocycles. The number of aromatic nitrogens is 1. The lowest BCUT2D eigenvalue weighted by atomic mass is 10.2. The van der Waals surface area contributed by atoms with Gasteiger partial charge in [-0.15, -0.1) is 11.3 Å². The van der Waals surface area contributed by atoms with E-state index < -0.39 is 0 Å². The molecule has 2 rings (SSSR count). The SMILES string of the molecule is CC(C)Oc1ccc(-c2nc(O)cs2)cc1. The van der Waals surface area contributed by atoms with Crippen molar-refractivity contribution >= 4 is 11.3 Å². The van der Waals surface area contributed by atoms with Gasteiger partial charge in [0.1, 0.15) is 10.8 Å². The van der Waals surface area contributed by atoms with E-state index in [1.165, 1.54) is 11.3 Å². The molecular weight excluding hydrogens is 222 g/mol. The first-order chi connectivity index (χ1) is 7.65. The van der Waals surface area contributed by atoms with E-state index in [2.05, 4.69) is 4.98 Å². The Bertz CT molecular complexity index is 462. The zero-order chi connectivity index (χ0) is 11.5. The van der Waals surface area contributed by atoms with Crippen LogP contribution in [0.1, 0.15) is 13.8 Å². The van der Waals surface area contributed by atoms with Crippen LogP contribution < -0.4 is 4.74 Å². The largest absolute Gasteiger partial charge is 0.493 e. The molecule has 0 atom stereocenters. The highest BCUT2D eigenvalue weighted by Gasteiger charge is 2.04. The molecule has 0 amide bonds. The van der Waals surface area contributed by atoms with E-state index in [0.717, 1.165) is 16.3 Å². The Morgan fingerprint density at radius 2 is 1.94 bits per heavy atom. The summed E-state index contributed by atoms with van der Waals surface area (Å²) < 4.78 is 5.54. The van der Waals surface area contributed by atoms with Gasteiger partial charge in [-0.2, -0.15) is 0 Å². The number of hydrogen-bond donors (Lipinski definition) is 1. The molecule has 1 aromatic heterocycles. The summed E-state index contributed by atoms with van der Waals surface area (Å²) >= 11 is 1.42. The summed E-state index contributed by atoms with van der Waals surface area (Å²) in [6.45, 7) is 3.99. The summed E-state index contributed by atoms with van der Waals surface area (Å²) in [7, 11) is 0. The van der Waals surface area contributed by atoms with Crippen molar-refractivity contribution in [2.75, 3.05) is 0 Å². The topological polar surface area (TPSA) is 42.4 Å². The molecule has 0 fully saturated rings. The Hall–Kier alpha value is -1.55. The smallest absolute Gasteiger partial charge is 0.222 e. The quantitative estimate of drug-likeness (QED) is 0.887. The third kappa shape index (κ3) is 2.52. The Morgan fingerprint density at radius 3 is 2.44 bits per heavy atom. The maximum absolute atomic E-state index is 9.16. The van der Waals surface area contributed by atoms with E-state index in [4.69, 9.17) is 9.84 Å². The number of ether oxygens (including phenoxy) is 1. The molecule has 0 saturated carbocycles. The highest BCUT2D eigenvalue weighted by atomic mass is 32.1. The normalized spacial score (nSPS) is 10.7. The summed E-state index contributed by atoms with van der Waals surface area (Å²) in [5.41, 5.74) is 0.987. The fourth-order valence-corrected chi connectivity index (χ4v) is 2.03. The molecule has 2 aromatic rings. The molecule has 0 spiro atoms. The molecule has 0 radical (unpaired) electrons. The average Bonchev–Trinajstić information content (AvgIpc) is 2.65. The third-order valence-corrected chi connectivity index (χ3v) is 2.84. The van der Waals surface area contributed by atoms with Gasteiger partial charge in [0.05, 0.1) is 11.5 Å². The standard InChI is InChI=1S/C12H13NO2S/c1-8(2)15-10-5-3-9(4-6-10)12-13-11(14)7-16-12/h3-8,14H,1-2H3. The molecule has 1 aromatic carbocycles. The van der Waals surface area contributed by atoms with E-state index in [0.29, 0.717) is 0 Å². The van der Waals surface area contributed by atoms with Gasteiger partial charge < -0.3 is 9.84 Å². The highest BCUT2D eigenvalue weighted by Crippen LogP contribution is 2.27. The molecule has 0 aliphatic rings. The van der Waals surface area contributed by atoms with Gasteiger partial charge in [-0.25, -0.2) is 4.98 Å². The molecule has 0 aliphatic carbocycles. The van der Waals surface area contributed by atoms with Gasteiger partial charge >= 0.3 is 0 Å². The fraction of sp³-hybridized carbons (Fsp3) is 0.250. The second-order valence-electron chi connectivity index (χ2n) is 3.70. The summed E-state index contributed by atoms with van der Waals surface area (Å²) in [6.07, 6.45) is 0.176. The minimum Gasteiger partial charge on any atom is -0.493 e. The van der Waals surface area contributed by atoms with Gasteiger partial charge in [0.2, 0.25) is 5.88 Å². The summed E-state index contributed by atoms with van der Waals surface area (Å²) in [4.78, 5) is 4.00. The zero-order valence-electron chi connectivity index (χ0n) is 9.18. The number of thiazole rings is 1. The van der Waals surface area contributed by atoms with Crippen molar-refractivity contribution in [3.8, 4) is 22.2 Å². The molecule has 0 unspecified atom stereocenters. The average molecular weight is 235 g/mol. The van der Waals surface area contributed by atoms with Crippen LogP contribution >= 0.6 is 11.3 Å². The first-order valence-corrected chi connectivity index (χ1v) is 5.94. The predicted octanol–water partition coefficient (Wildman–Crippen LogP) is 3.30. The minimum absolute atomic E-state index is 0.0718. The summed E-state index contributed by atoms with van der Waals surface area (Å²) in [6, 6.07) is 7.70. The third-order valence-electron chi connectivity index (χ3n) is 1.97. The zero-order valence-corrected chi connectivity index (χ0v) is 9.99. The van der Waals surface area contributed by atoms with Crippen LogP contribution in [0.5, 0.6) is 11.6 Å². The van der Waals surface area contributed by atoms with Crippen LogP contribution in [0.25, 0.3) is 10.6 Å². The van der Waals surface area contributed by atoms with Crippen LogP contribution in [-0.2, 0) is 0 Å². The molecule has 16 heavy (non-hydrogen) atoms. The molecule has 0 aliphatic heterocycles. The Morgan fingerprint density at radius 1 is 1.25 bits per heavy atom. The minimum atomic E-state index is 0.0718. The van der Waals surface area contributed by atoms with Crippen molar-refractivity contribution in [2.24, 2.45) is 0 Å². The maximum Gasteiger partial charge on any atom is 0.222 e. The van der Waals surface area contributed by atoms with Gasteiger partial charge in [0, 0.05) is 5.56 Å². The molecular formula is C12H13NO2S. The molecule has 84 valence electrons. The van der Waals surface area contributed by atoms with Crippen LogP contribution in [0, 0.1) is 0 Å². The Labute approximate surface area is 98.4 Å². The molecule has 4 heteroatoms. The van der Waals surface area contributed by atoms with Crippen molar-refractivity contribution < 1.29 is 9.84 Å². The van der Waals surface area contributed by atoms with Crippen molar-refractivity contribution in [2.45, 2.75) is 20.0 Å². The number of aromatic hydroxyl groups is 1. The van der Waals surface area contributed by atoms with Crippen LogP contribution in [0.4, 0.5) is 0 Å². The highest BCUT2D eigenvalue weighted by molar-refractivity contribution is 7.13. The van der Waals surface area contributed by atoms with Crippen LogP contribution in [-0.4, -0.2) is 16.2 Å². The second kappa shape index (κ2) is 4.53. The monoisotopic (exact) mass is 235 g/mol.